The number of aromatic nitrogens is 1. The Labute approximate surface area is 149 Å². The predicted molar refractivity (Wildman–Crippen MR) is 99.6 cm³/mol. The van der Waals surface area contributed by atoms with Crippen LogP contribution in [0.3, 0.4) is 0 Å². The lowest BCUT2D eigenvalue weighted by Crippen LogP contribution is -2.39. The van der Waals surface area contributed by atoms with E-state index in [2.05, 4.69) is 16.0 Å². The van der Waals surface area contributed by atoms with Gasteiger partial charge >= 0.3 is 0 Å². The number of hydrogen-bond donors (Lipinski definition) is 0. The van der Waals surface area contributed by atoms with Crippen LogP contribution in [0.25, 0.3) is 0 Å². The molecular weight excluding hydrogens is 310 g/mol. The lowest BCUT2D eigenvalue weighted by molar-refractivity contribution is -0.119. The average molecular weight is 335 g/mol. The SMILES string of the molecule is O=C([C@@H]1C[C@H]1c1cccnc1)N(CCN1CCCC1)c1ccccc1. The molecule has 2 aromatic rings. The van der Waals surface area contributed by atoms with Crippen molar-refractivity contribution in [3.8, 4) is 0 Å². The number of hydrogen-bond acceptors (Lipinski definition) is 3. The fourth-order valence-corrected chi connectivity index (χ4v) is 3.85. The van der Waals surface area contributed by atoms with Crippen LogP contribution in [-0.2, 0) is 4.79 Å². The minimum atomic E-state index is 0.1000. The van der Waals surface area contributed by atoms with Crippen molar-refractivity contribution in [2.75, 3.05) is 31.1 Å². The van der Waals surface area contributed by atoms with Gasteiger partial charge in [0.25, 0.3) is 0 Å². The van der Waals surface area contributed by atoms with E-state index in [0.29, 0.717) is 5.92 Å². The predicted octanol–water partition coefficient (Wildman–Crippen LogP) is 3.31. The molecule has 4 heteroatoms. The van der Waals surface area contributed by atoms with E-state index in [9.17, 15) is 4.79 Å². The van der Waals surface area contributed by atoms with Gasteiger partial charge in [0, 0.05) is 37.1 Å². The van der Waals surface area contributed by atoms with Gasteiger partial charge in [-0.1, -0.05) is 24.3 Å². The van der Waals surface area contributed by atoms with Crippen molar-refractivity contribution < 1.29 is 4.79 Å². The molecule has 25 heavy (non-hydrogen) atoms. The maximum atomic E-state index is 13.2. The summed E-state index contributed by atoms with van der Waals surface area (Å²) in [5.41, 5.74) is 2.21. The largest absolute Gasteiger partial charge is 0.311 e. The molecule has 1 saturated heterocycles. The van der Waals surface area contributed by atoms with Gasteiger partial charge in [0.15, 0.2) is 0 Å². The smallest absolute Gasteiger partial charge is 0.230 e. The van der Waals surface area contributed by atoms with E-state index in [0.717, 1.165) is 25.2 Å². The van der Waals surface area contributed by atoms with E-state index < -0.39 is 0 Å². The standard InChI is InChI=1S/C21H25N3O/c25-21(20-15-19(20)17-7-6-10-22-16-17)24(18-8-2-1-3-9-18)14-13-23-11-4-5-12-23/h1-3,6-10,16,19-20H,4-5,11-15H2/t19-,20+/m0/s1. The Hall–Kier alpha value is -2.20. The molecule has 1 aliphatic carbocycles. The van der Waals surface area contributed by atoms with Crippen LogP contribution < -0.4 is 4.90 Å². The van der Waals surface area contributed by atoms with E-state index in [1.807, 2.05) is 47.5 Å². The van der Waals surface area contributed by atoms with Crippen molar-refractivity contribution in [1.29, 1.82) is 0 Å². The molecule has 1 aromatic carbocycles. The highest BCUT2D eigenvalue weighted by Crippen LogP contribution is 2.48. The Morgan fingerprint density at radius 2 is 1.92 bits per heavy atom. The number of carbonyl (C=O) groups is 1. The first-order chi connectivity index (χ1) is 12.3. The van der Waals surface area contributed by atoms with Crippen molar-refractivity contribution in [3.63, 3.8) is 0 Å². The summed E-state index contributed by atoms with van der Waals surface area (Å²) in [5.74, 6) is 0.696. The van der Waals surface area contributed by atoms with Gasteiger partial charge in [-0.2, -0.15) is 0 Å². The second-order valence-corrected chi connectivity index (χ2v) is 7.11. The topological polar surface area (TPSA) is 36.4 Å². The molecule has 2 atom stereocenters. The quantitative estimate of drug-likeness (QED) is 0.812. The summed E-state index contributed by atoms with van der Waals surface area (Å²) in [5, 5.41) is 0. The van der Waals surface area contributed by atoms with Crippen LogP contribution in [0.15, 0.2) is 54.9 Å². The molecule has 0 bridgehead atoms. The monoisotopic (exact) mass is 335 g/mol. The Bertz CT molecular complexity index is 698. The summed E-state index contributed by atoms with van der Waals surface area (Å²) in [6, 6.07) is 14.2. The summed E-state index contributed by atoms with van der Waals surface area (Å²) >= 11 is 0. The number of para-hydroxylation sites is 1. The van der Waals surface area contributed by atoms with Gasteiger partial charge in [-0.15, -0.1) is 0 Å². The van der Waals surface area contributed by atoms with Crippen molar-refractivity contribution in [1.82, 2.24) is 9.88 Å². The second kappa shape index (κ2) is 7.36. The number of nitrogens with zero attached hydrogens (tertiary/aromatic N) is 3. The van der Waals surface area contributed by atoms with Crippen LogP contribution in [0.1, 0.15) is 30.7 Å². The minimum Gasteiger partial charge on any atom is -0.311 e. The van der Waals surface area contributed by atoms with Crippen molar-refractivity contribution >= 4 is 11.6 Å². The summed E-state index contributed by atoms with van der Waals surface area (Å²) in [7, 11) is 0. The van der Waals surface area contributed by atoms with E-state index in [1.165, 1.54) is 31.5 Å². The molecule has 2 fully saturated rings. The van der Waals surface area contributed by atoms with Crippen LogP contribution >= 0.6 is 0 Å². The van der Waals surface area contributed by atoms with E-state index in [-0.39, 0.29) is 11.8 Å². The molecule has 1 aromatic heterocycles. The molecule has 0 N–H and O–H groups in total. The number of benzene rings is 1. The fourth-order valence-electron chi connectivity index (χ4n) is 3.85. The maximum absolute atomic E-state index is 13.2. The lowest BCUT2D eigenvalue weighted by atomic mass is 10.1. The molecule has 1 aliphatic heterocycles. The Kier molecular flexibility index (Phi) is 4.79. The number of carbonyl (C=O) groups excluding carboxylic acids is 1. The van der Waals surface area contributed by atoms with Crippen molar-refractivity contribution in [2.45, 2.75) is 25.2 Å². The molecule has 1 saturated carbocycles. The average Bonchev–Trinajstić information content (AvgIpc) is 3.31. The molecule has 4 nitrogen and oxygen atoms in total. The van der Waals surface area contributed by atoms with Gasteiger partial charge < -0.3 is 9.80 Å². The third kappa shape index (κ3) is 3.74. The number of likely N-dealkylation sites (tertiary alicyclic amines) is 1. The number of amides is 1. The molecule has 2 heterocycles. The molecule has 1 amide bonds. The summed E-state index contributed by atoms with van der Waals surface area (Å²) < 4.78 is 0. The Morgan fingerprint density at radius 3 is 2.64 bits per heavy atom. The highest BCUT2D eigenvalue weighted by molar-refractivity contribution is 5.97. The van der Waals surface area contributed by atoms with Crippen LogP contribution in [0, 0.1) is 5.92 Å². The molecule has 130 valence electrons. The van der Waals surface area contributed by atoms with Crippen LogP contribution in [0.2, 0.25) is 0 Å². The highest BCUT2D eigenvalue weighted by Gasteiger charge is 2.46. The normalized spacial score (nSPS) is 22.7. The summed E-state index contributed by atoms with van der Waals surface area (Å²) in [6.07, 6.45) is 7.19. The Morgan fingerprint density at radius 1 is 1.12 bits per heavy atom. The number of anilines is 1. The van der Waals surface area contributed by atoms with Gasteiger partial charge in [-0.25, -0.2) is 0 Å². The van der Waals surface area contributed by atoms with Crippen molar-refractivity contribution in [2.24, 2.45) is 5.92 Å². The molecular formula is C21H25N3O. The maximum Gasteiger partial charge on any atom is 0.230 e. The molecule has 2 aliphatic rings. The van der Waals surface area contributed by atoms with Gasteiger partial charge in [0.05, 0.1) is 0 Å². The summed E-state index contributed by atoms with van der Waals surface area (Å²) in [4.78, 5) is 21.8. The van der Waals surface area contributed by atoms with E-state index in [1.54, 1.807) is 6.20 Å². The molecule has 4 rings (SSSR count). The molecule has 0 spiro atoms. The van der Waals surface area contributed by atoms with E-state index in [4.69, 9.17) is 0 Å². The first-order valence-corrected chi connectivity index (χ1v) is 9.31. The van der Waals surface area contributed by atoms with Gasteiger partial charge in [-0.3, -0.25) is 9.78 Å². The van der Waals surface area contributed by atoms with Crippen LogP contribution in [0.4, 0.5) is 5.69 Å². The zero-order valence-corrected chi connectivity index (χ0v) is 14.6. The van der Waals surface area contributed by atoms with Gasteiger partial charge in [0.2, 0.25) is 5.91 Å². The fraction of sp³-hybridized carbons (Fsp3) is 0.429. The zero-order chi connectivity index (χ0) is 17.1. The number of pyridine rings is 1. The molecule has 0 unspecified atom stereocenters. The van der Waals surface area contributed by atoms with Crippen LogP contribution in [0.5, 0.6) is 0 Å². The van der Waals surface area contributed by atoms with Crippen molar-refractivity contribution in [3.05, 3.63) is 60.4 Å². The lowest BCUT2D eigenvalue weighted by Gasteiger charge is -2.26. The highest BCUT2D eigenvalue weighted by atomic mass is 16.2. The minimum absolute atomic E-state index is 0.1000. The molecule has 0 radical (unpaired) electrons. The first-order valence-electron chi connectivity index (χ1n) is 9.31. The zero-order valence-electron chi connectivity index (χ0n) is 14.6. The number of rotatable bonds is 6. The summed E-state index contributed by atoms with van der Waals surface area (Å²) in [6.45, 7) is 4.07. The van der Waals surface area contributed by atoms with Crippen LogP contribution in [-0.4, -0.2) is 42.0 Å². The third-order valence-electron chi connectivity index (χ3n) is 5.39. The van der Waals surface area contributed by atoms with Gasteiger partial charge in [0.1, 0.15) is 0 Å². The Balaban J connectivity index is 1.46. The third-order valence-corrected chi connectivity index (χ3v) is 5.39. The second-order valence-electron chi connectivity index (χ2n) is 7.11. The van der Waals surface area contributed by atoms with Gasteiger partial charge in [-0.05, 0) is 62.0 Å². The van der Waals surface area contributed by atoms with E-state index >= 15 is 0 Å². The first kappa shape index (κ1) is 16.3.